The molecular formula is C32H32FN5O5S. The molecule has 0 radical (unpaired) electrons. The Morgan fingerprint density at radius 2 is 1.84 bits per heavy atom. The van der Waals surface area contributed by atoms with E-state index in [-0.39, 0.29) is 41.7 Å². The Morgan fingerprint density at radius 3 is 2.55 bits per heavy atom. The normalized spacial score (nSPS) is 15.6. The fourth-order valence-corrected chi connectivity index (χ4v) is 6.58. The highest BCUT2D eigenvalue weighted by atomic mass is 32.1. The van der Waals surface area contributed by atoms with Crippen molar-refractivity contribution in [2.24, 2.45) is 5.92 Å². The highest BCUT2D eigenvalue weighted by molar-refractivity contribution is 7.22. The zero-order valence-electron chi connectivity index (χ0n) is 24.2. The molecule has 6 rings (SSSR count). The first-order valence-corrected chi connectivity index (χ1v) is 15.3. The lowest BCUT2D eigenvalue weighted by atomic mass is 9.92. The monoisotopic (exact) mass is 617 g/mol. The Balaban J connectivity index is 1.07. The van der Waals surface area contributed by atoms with E-state index in [4.69, 9.17) is 9.84 Å². The Bertz CT molecular complexity index is 1700. The summed E-state index contributed by atoms with van der Waals surface area (Å²) < 4.78 is 21.8. The molecule has 0 aliphatic carbocycles. The molecule has 12 heteroatoms. The van der Waals surface area contributed by atoms with Crippen LogP contribution >= 0.6 is 11.3 Å². The molecule has 5 heterocycles. The van der Waals surface area contributed by atoms with Crippen molar-refractivity contribution in [3.05, 3.63) is 71.8 Å². The topological polar surface area (TPSA) is 125 Å². The van der Waals surface area contributed by atoms with Gasteiger partial charge in [-0.15, -0.1) is 11.3 Å². The third-order valence-corrected chi connectivity index (χ3v) is 9.02. The summed E-state index contributed by atoms with van der Waals surface area (Å²) in [5, 5.41) is 11.6. The lowest BCUT2D eigenvalue weighted by Crippen LogP contribution is -2.59. The van der Waals surface area contributed by atoms with Gasteiger partial charge in [-0.2, -0.15) is 0 Å². The molecule has 2 aliphatic rings. The first-order chi connectivity index (χ1) is 21.2. The van der Waals surface area contributed by atoms with E-state index >= 15 is 4.39 Å². The van der Waals surface area contributed by atoms with Gasteiger partial charge in [-0.3, -0.25) is 29.3 Å². The fraction of sp³-hybridized carbons (Fsp3) is 0.344. The average Bonchev–Trinajstić information content (AvgIpc) is 3.40. The number of ketones is 1. The van der Waals surface area contributed by atoms with Crippen LogP contribution < -0.4 is 10.1 Å². The third kappa shape index (κ3) is 6.77. The molecule has 2 amide bonds. The van der Waals surface area contributed by atoms with E-state index in [0.717, 1.165) is 33.9 Å². The third-order valence-electron chi connectivity index (χ3n) is 7.86. The van der Waals surface area contributed by atoms with Gasteiger partial charge in [0.1, 0.15) is 18.1 Å². The van der Waals surface area contributed by atoms with Crippen molar-refractivity contribution in [2.75, 3.05) is 32.8 Å². The van der Waals surface area contributed by atoms with Gasteiger partial charge in [0.05, 0.1) is 26.8 Å². The van der Waals surface area contributed by atoms with E-state index in [0.29, 0.717) is 42.9 Å². The summed E-state index contributed by atoms with van der Waals surface area (Å²) in [6.45, 7) is 4.39. The van der Waals surface area contributed by atoms with E-state index in [1.54, 1.807) is 29.3 Å². The van der Waals surface area contributed by atoms with Crippen LogP contribution in [0.2, 0.25) is 0 Å². The zero-order chi connectivity index (χ0) is 30.8. The molecule has 0 saturated carbocycles. The number of amides is 2. The summed E-state index contributed by atoms with van der Waals surface area (Å²) >= 11 is 1.46. The van der Waals surface area contributed by atoms with Crippen molar-refractivity contribution in [2.45, 2.75) is 32.4 Å². The van der Waals surface area contributed by atoms with Crippen LogP contribution in [-0.2, 0) is 27.3 Å². The highest BCUT2D eigenvalue weighted by Crippen LogP contribution is 2.39. The predicted molar refractivity (Wildman–Crippen MR) is 163 cm³/mol. The van der Waals surface area contributed by atoms with Crippen molar-refractivity contribution in [1.82, 2.24) is 25.1 Å². The Labute approximate surface area is 257 Å². The van der Waals surface area contributed by atoms with Gasteiger partial charge in [-0.05, 0) is 35.4 Å². The van der Waals surface area contributed by atoms with Crippen LogP contribution in [0.25, 0.3) is 20.8 Å². The molecule has 0 spiro atoms. The second kappa shape index (κ2) is 12.8. The molecule has 2 aliphatic heterocycles. The van der Waals surface area contributed by atoms with Crippen molar-refractivity contribution < 1.29 is 28.6 Å². The Hall–Kier alpha value is -4.26. The summed E-state index contributed by atoms with van der Waals surface area (Å²) in [5.74, 6) is -0.158. The molecule has 44 heavy (non-hydrogen) atoms. The number of benzene rings is 1. The lowest BCUT2D eigenvalue weighted by molar-refractivity contribution is -0.137. The molecule has 0 atom stereocenters. The molecule has 0 bridgehead atoms. The number of aliphatic hydroxyl groups excluding tert-OH is 1. The molecule has 10 nitrogen and oxygen atoms in total. The minimum absolute atomic E-state index is 0.0187. The Morgan fingerprint density at radius 1 is 1.05 bits per heavy atom. The number of nitrogens with zero attached hydrogens (tertiary/aromatic N) is 4. The van der Waals surface area contributed by atoms with Gasteiger partial charge in [0.25, 0.3) is 0 Å². The highest BCUT2D eigenvalue weighted by Gasteiger charge is 2.30. The van der Waals surface area contributed by atoms with E-state index < -0.39 is 12.4 Å². The first-order valence-electron chi connectivity index (χ1n) is 14.4. The number of hydrogen-bond acceptors (Lipinski definition) is 9. The molecule has 2 N–H and O–H groups in total. The van der Waals surface area contributed by atoms with Gasteiger partial charge < -0.3 is 20.1 Å². The predicted octanol–water partition coefficient (Wildman–Crippen LogP) is 3.56. The van der Waals surface area contributed by atoms with Gasteiger partial charge in [-0.1, -0.05) is 12.1 Å². The fourth-order valence-electron chi connectivity index (χ4n) is 5.54. The first kappa shape index (κ1) is 29.8. The summed E-state index contributed by atoms with van der Waals surface area (Å²) in [4.78, 5) is 49.0. The van der Waals surface area contributed by atoms with E-state index in [9.17, 15) is 14.4 Å². The summed E-state index contributed by atoms with van der Waals surface area (Å²) in [5.41, 5.74) is 3.13. The zero-order valence-corrected chi connectivity index (χ0v) is 25.0. The summed E-state index contributed by atoms with van der Waals surface area (Å²) in [7, 11) is 0. The van der Waals surface area contributed by atoms with E-state index in [1.807, 2.05) is 24.4 Å². The number of nitrogens with one attached hydrogen (secondary N) is 1. The van der Waals surface area contributed by atoms with E-state index in [1.165, 1.54) is 24.3 Å². The maximum atomic E-state index is 15.1. The maximum absolute atomic E-state index is 15.1. The number of carbonyl (C=O) groups excluding carboxylic acids is 3. The molecule has 228 valence electrons. The van der Waals surface area contributed by atoms with Crippen molar-refractivity contribution in [3.63, 3.8) is 0 Å². The van der Waals surface area contributed by atoms with Gasteiger partial charge in [0.15, 0.2) is 11.6 Å². The van der Waals surface area contributed by atoms with Gasteiger partial charge in [0, 0.05) is 76.9 Å². The van der Waals surface area contributed by atoms with Crippen LogP contribution in [0.5, 0.6) is 11.5 Å². The standard InChI is InChI=1S/C32H32FN5O5S/c1-19(40)38-14-22(15-38)9-24(41)8-20-3-5-28(25(33)10-20)43-29-6-7-34-27-11-30(44-32(27)29)26-4-2-21(12-35-26)13-37-16-23(17-37)36-31(42)18-39/h2-7,10-12,22-23,39H,8-9,13-18H2,1H3,(H,36,42). The number of ether oxygens (including phenoxy) is 1. The molecule has 2 saturated heterocycles. The lowest BCUT2D eigenvalue weighted by Gasteiger charge is -2.39. The number of rotatable bonds is 11. The number of thiophene rings is 1. The number of halogens is 1. The van der Waals surface area contributed by atoms with Crippen molar-refractivity contribution in [3.8, 4) is 22.1 Å². The van der Waals surface area contributed by atoms with E-state index in [2.05, 4.69) is 20.2 Å². The van der Waals surface area contributed by atoms with Gasteiger partial charge in [-0.25, -0.2) is 4.39 Å². The summed E-state index contributed by atoms with van der Waals surface area (Å²) in [6.07, 6.45) is 3.96. The van der Waals surface area contributed by atoms with Crippen LogP contribution in [0.3, 0.4) is 0 Å². The van der Waals surface area contributed by atoms with Crippen molar-refractivity contribution >= 4 is 39.2 Å². The van der Waals surface area contributed by atoms with Crippen LogP contribution in [-0.4, -0.2) is 81.3 Å². The SMILES string of the molecule is CC(=O)N1CC(CC(=O)Cc2ccc(Oc3ccnc4cc(-c5ccc(CN6CC(NC(=O)CO)C6)cn5)sc34)c(F)c2)C1. The minimum atomic E-state index is -0.551. The Kier molecular flexibility index (Phi) is 8.65. The van der Waals surface area contributed by atoms with Gasteiger partial charge in [0.2, 0.25) is 11.8 Å². The number of aliphatic hydroxyl groups is 1. The molecular weight excluding hydrogens is 585 g/mol. The van der Waals surface area contributed by atoms with Crippen LogP contribution in [0.15, 0.2) is 54.9 Å². The average molecular weight is 618 g/mol. The molecule has 3 aromatic heterocycles. The quantitative estimate of drug-likeness (QED) is 0.262. The molecule has 0 unspecified atom stereocenters. The number of likely N-dealkylation sites (tertiary alicyclic amines) is 2. The van der Waals surface area contributed by atoms with Crippen LogP contribution in [0.4, 0.5) is 4.39 Å². The van der Waals surface area contributed by atoms with Gasteiger partial charge >= 0.3 is 0 Å². The minimum Gasteiger partial charge on any atom is -0.453 e. The molecule has 2 fully saturated rings. The number of carbonyl (C=O) groups is 3. The number of fused-ring (bicyclic) bond motifs is 1. The summed E-state index contributed by atoms with van der Waals surface area (Å²) in [6, 6.07) is 12.2. The van der Waals surface area contributed by atoms with Crippen LogP contribution in [0.1, 0.15) is 24.5 Å². The van der Waals surface area contributed by atoms with Crippen molar-refractivity contribution in [1.29, 1.82) is 0 Å². The van der Waals surface area contributed by atoms with Crippen LogP contribution in [0, 0.1) is 11.7 Å². The number of aromatic nitrogens is 2. The molecule has 4 aromatic rings. The number of pyridine rings is 2. The maximum Gasteiger partial charge on any atom is 0.246 e. The number of Topliss-reactive ketones (excluding diaryl/α,β-unsaturated/α-hetero) is 1. The smallest absolute Gasteiger partial charge is 0.246 e. The second-order valence-electron chi connectivity index (χ2n) is 11.4. The molecule has 1 aromatic carbocycles. The number of hydrogen-bond donors (Lipinski definition) is 2. The second-order valence-corrected chi connectivity index (χ2v) is 12.4. The largest absolute Gasteiger partial charge is 0.453 e.